The lowest BCUT2D eigenvalue weighted by molar-refractivity contribution is -0.384. The van der Waals surface area contributed by atoms with Crippen LogP contribution < -0.4 is 0 Å². The van der Waals surface area contributed by atoms with E-state index in [4.69, 9.17) is 0 Å². The molecule has 0 atom stereocenters. The zero-order chi connectivity index (χ0) is 15.3. The van der Waals surface area contributed by atoms with Gasteiger partial charge in [0, 0.05) is 24.2 Å². The van der Waals surface area contributed by atoms with Crippen LogP contribution in [0, 0.1) is 10.1 Å². The zero-order valence-electron chi connectivity index (χ0n) is 12.0. The first kappa shape index (κ1) is 16.3. The highest BCUT2D eigenvalue weighted by atomic mass is 16.6. The monoisotopic (exact) mass is 280 g/mol. The van der Waals surface area contributed by atoms with Crippen LogP contribution in [-0.4, -0.2) is 45.9 Å². The molecule has 0 heterocycles. The van der Waals surface area contributed by atoms with Crippen molar-refractivity contribution in [1.82, 2.24) is 4.90 Å². The van der Waals surface area contributed by atoms with Crippen molar-refractivity contribution in [2.45, 2.75) is 26.4 Å². The minimum absolute atomic E-state index is 0.0367. The Morgan fingerprint density at radius 1 is 1.35 bits per heavy atom. The SMILES string of the molecule is CCN(CC(=O)c1ccc([N+](=O)[O-])cc1)CC(C)(C)O. The normalized spacial score (nSPS) is 11.7. The van der Waals surface area contributed by atoms with E-state index in [0.717, 1.165) is 0 Å². The fourth-order valence-corrected chi connectivity index (χ4v) is 1.89. The van der Waals surface area contributed by atoms with Crippen molar-refractivity contribution < 1.29 is 14.8 Å². The van der Waals surface area contributed by atoms with E-state index in [1.54, 1.807) is 13.8 Å². The molecule has 110 valence electrons. The standard InChI is InChI=1S/C14H20N2O4/c1-4-15(10-14(2,3)18)9-13(17)11-5-7-12(8-6-11)16(19)20/h5-8,18H,4,9-10H2,1-3H3. The molecule has 0 amide bonds. The van der Waals surface area contributed by atoms with Gasteiger partial charge in [-0.15, -0.1) is 0 Å². The zero-order valence-corrected chi connectivity index (χ0v) is 12.0. The minimum atomic E-state index is -0.869. The van der Waals surface area contributed by atoms with Crippen molar-refractivity contribution >= 4 is 11.5 Å². The molecule has 6 heteroatoms. The van der Waals surface area contributed by atoms with Crippen molar-refractivity contribution in [3.8, 4) is 0 Å². The maximum Gasteiger partial charge on any atom is 0.269 e. The minimum Gasteiger partial charge on any atom is -0.389 e. The molecule has 0 saturated heterocycles. The number of benzene rings is 1. The molecule has 0 aromatic heterocycles. The molecule has 0 fully saturated rings. The number of non-ortho nitro benzene ring substituents is 1. The molecule has 20 heavy (non-hydrogen) atoms. The summed E-state index contributed by atoms with van der Waals surface area (Å²) in [6.45, 7) is 6.50. The molecule has 0 spiro atoms. The van der Waals surface area contributed by atoms with E-state index in [1.807, 2.05) is 11.8 Å². The smallest absolute Gasteiger partial charge is 0.269 e. The van der Waals surface area contributed by atoms with Crippen molar-refractivity contribution in [3.63, 3.8) is 0 Å². The number of likely N-dealkylation sites (N-methyl/N-ethyl adjacent to an activating group) is 1. The third-order valence-electron chi connectivity index (χ3n) is 2.83. The number of carbonyl (C=O) groups excluding carboxylic acids is 1. The van der Waals surface area contributed by atoms with E-state index in [9.17, 15) is 20.0 Å². The number of nitro groups is 1. The van der Waals surface area contributed by atoms with E-state index in [2.05, 4.69) is 0 Å². The third-order valence-corrected chi connectivity index (χ3v) is 2.83. The summed E-state index contributed by atoms with van der Waals surface area (Å²) in [4.78, 5) is 24.0. The van der Waals surface area contributed by atoms with E-state index in [-0.39, 0.29) is 18.0 Å². The second-order valence-electron chi connectivity index (χ2n) is 5.34. The molecule has 6 nitrogen and oxygen atoms in total. The molecule has 0 aliphatic heterocycles. The van der Waals surface area contributed by atoms with Gasteiger partial charge in [0.1, 0.15) is 0 Å². The van der Waals surface area contributed by atoms with Crippen molar-refractivity contribution in [2.75, 3.05) is 19.6 Å². The average molecular weight is 280 g/mol. The summed E-state index contributed by atoms with van der Waals surface area (Å²) in [6, 6.07) is 5.55. The lowest BCUT2D eigenvalue weighted by Crippen LogP contribution is -2.41. The molecule has 0 aliphatic carbocycles. The Bertz CT molecular complexity index is 477. The van der Waals surface area contributed by atoms with Crippen LogP contribution >= 0.6 is 0 Å². The second kappa shape index (κ2) is 6.58. The lowest BCUT2D eigenvalue weighted by atomic mass is 10.1. The number of aliphatic hydroxyl groups is 1. The van der Waals surface area contributed by atoms with Crippen LogP contribution in [0.3, 0.4) is 0 Å². The van der Waals surface area contributed by atoms with Crippen LogP contribution in [0.15, 0.2) is 24.3 Å². The van der Waals surface area contributed by atoms with Gasteiger partial charge in [0.25, 0.3) is 5.69 Å². The van der Waals surface area contributed by atoms with Crippen LogP contribution in [0.1, 0.15) is 31.1 Å². The molecule has 0 unspecified atom stereocenters. The van der Waals surface area contributed by atoms with E-state index >= 15 is 0 Å². The Hall–Kier alpha value is -1.79. The number of Topliss-reactive ketones (excluding diaryl/α,β-unsaturated/α-hetero) is 1. The Kier molecular flexibility index (Phi) is 5.35. The largest absolute Gasteiger partial charge is 0.389 e. The van der Waals surface area contributed by atoms with Gasteiger partial charge in [0.15, 0.2) is 5.78 Å². The summed E-state index contributed by atoms with van der Waals surface area (Å²) in [5.41, 5.74) is -0.471. The lowest BCUT2D eigenvalue weighted by Gasteiger charge is -2.27. The molecule has 0 saturated carbocycles. The molecule has 1 aromatic rings. The Labute approximate surface area is 118 Å². The predicted molar refractivity (Wildman–Crippen MR) is 75.8 cm³/mol. The van der Waals surface area contributed by atoms with Crippen LogP contribution in [0.2, 0.25) is 0 Å². The number of nitrogens with zero attached hydrogens (tertiary/aromatic N) is 2. The Balaban J connectivity index is 2.72. The fourth-order valence-electron chi connectivity index (χ4n) is 1.89. The summed E-state index contributed by atoms with van der Waals surface area (Å²) in [7, 11) is 0. The van der Waals surface area contributed by atoms with E-state index in [1.165, 1.54) is 24.3 Å². The third kappa shape index (κ3) is 5.07. The Morgan fingerprint density at radius 3 is 2.30 bits per heavy atom. The highest BCUT2D eigenvalue weighted by molar-refractivity contribution is 5.97. The van der Waals surface area contributed by atoms with Gasteiger partial charge in [-0.3, -0.25) is 19.8 Å². The molecular weight excluding hydrogens is 260 g/mol. The summed E-state index contributed by atoms with van der Waals surface area (Å²) >= 11 is 0. The molecule has 0 radical (unpaired) electrons. The maximum atomic E-state index is 12.1. The average Bonchev–Trinajstić information content (AvgIpc) is 2.36. The van der Waals surface area contributed by atoms with Gasteiger partial charge in [0.05, 0.1) is 17.1 Å². The fraction of sp³-hybridized carbons (Fsp3) is 0.500. The van der Waals surface area contributed by atoms with Gasteiger partial charge >= 0.3 is 0 Å². The molecular formula is C14H20N2O4. The molecule has 1 rings (SSSR count). The van der Waals surface area contributed by atoms with E-state index < -0.39 is 10.5 Å². The van der Waals surface area contributed by atoms with Crippen molar-refractivity contribution in [3.05, 3.63) is 39.9 Å². The summed E-state index contributed by atoms with van der Waals surface area (Å²) < 4.78 is 0. The topological polar surface area (TPSA) is 83.7 Å². The van der Waals surface area contributed by atoms with Crippen LogP contribution in [0.4, 0.5) is 5.69 Å². The van der Waals surface area contributed by atoms with Crippen LogP contribution in [-0.2, 0) is 0 Å². The number of nitro benzene ring substituents is 1. The second-order valence-corrected chi connectivity index (χ2v) is 5.34. The number of hydrogen-bond acceptors (Lipinski definition) is 5. The first-order valence-electron chi connectivity index (χ1n) is 6.45. The maximum absolute atomic E-state index is 12.1. The van der Waals surface area contributed by atoms with Gasteiger partial charge in [-0.1, -0.05) is 6.92 Å². The summed E-state index contributed by atoms with van der Waals surface area (Å²) in [5.74, 6) is -0.119. The summed E-state index contributed by atoms with van der Waals surface area (Å²) in [5, 5.41) is 20.3. The number of rotatable bonds is 7. The van der Waals surface area contributed by atoms with Gasteiger partial charge < -0.3 is 5.11 Å². The first-order chi connectivity index (χ1) is 9.23. The Morgan fingerprint density at radius 2 is 1.90 bits per heavy atom. The number of carbonyl (C=O) groups is 1. The molecule has 0 bridgehead atoms. The number of hydrogen-bond donors (Lipinski definition) is 1. The van der Waals surface area contributed by atoms with Crippen molar-refractivity contribution in [1.29, 1.82) is 0 Å². The molecule has 0 aliphatic rings. The van der Waals surface area contributed by atoms with Crippen LogP contribution in [0.5, 0.6) is 0 Å². The predicted octanol–water partition coefficient (Wildman–Crippen LogP) is 1.87. The first-order valence-corrected chi connectivity index (χ1v) is 6.45. The molecule has 1 N–H and O–H groups in total. The van der Waals surface area contributed by atoms with Crippen LogP contribution in [0.25, 0.3) is 0 Å². The van der Waals surface area contributed by atoms with Gasteiger partial charge in [-0.05, 0) is 32.5 Å². The molecule has 1 aromatic carbocycles. The highest BCUT2D eigenvalue weighted by Crippen LogP contribution is 2.13. The van der Waals surface area contributed by atoms with Gasteiger partial charge in [-0.25, -0.2) is 0 Å². The van der Waals surface area contributed by atoms with Gasteiger partial charge in [-0.2, -0.15) is 0 Å². The van der Waals surface area contributed by atoms with E-state index in [0.29, 0.717) is 18.7 Å². The highest BCUT2D eigenvalue weighted by Gasteiger charge is 2.20. The van der Waals surface area contributed by atoms with Crippen molar-refractivity contribution in [2.24, 2.45) is 0 Å². The summed E-state index contributed by atoms with van der Waals surface area (Å²) in [6.07, 6.45) is 0. The number of ketones is 1. The quantitative estimate of drug-likeness (QED) is 0.468. The van der Waals surface area contributed by atoms with Gasteiger partial charge in [0.2, 0.25) is 0 Å².